The standard InChI is InChI=1S/C20H26N2O3/c1-12(2)21-19(23)15-7-9-22(10-8-15)20(24)18-14(4)16-6-5-13(3)11-17(16)25-18/h5-6,11-12,15H,7-10H2,1-4H3,(H,21,23). The Balaban J connectivity index is 1.71. The fraction of sp³-hybridized carbons (Fsp3) is 0.500. The molecule has 25 heavy (non-hydrogen) atoms. The molecule has 0 aliphatic carbocycles. The largest absolute Gasteiger partial charge is 0.451 e. The van der Waals surface area contributed by atoms with Crippen LogP contribution in [0.15, 0.2) is 22.6 Å². The number of aryl methyl sites for hydroxylation is 2. The van der Waals surface area contributed by atoms with Crippen molar-refractivity contribution in [1.29, 1.82) is 0 Å². The minimum absolute atomic E-state index is 0.00845. The first-order chi connectivity index (χ1) is 11.9. The van der Waals surface area contributed by atoms with Gasteiger partial charge in [-0.1, -0.05) is 12.1 Å². The summed E-state index contributed by atoms with van der Waals surface area (Å²) in [6.07, 6.45) is 1.39. The van der Waals surface area contributed by atoms with Gasteiger partial charge in [-0.3, -0.25) is 9.59 Å². The number of carbonyl (C=O) groups is 2. The Hall–Kier alpha value is -2.30. The van der Waals surface area contributed by atoms with Crippen LogP contribution in [0.3, 0.4) is 0 Å². The lowest BCUT2D eigenvalue weighted by atomic mass is 9.95. The molecule has 1 aromatic heterocycles. The average Bonchev–Trinajstić information content (AvgIpc) is 2.89. The first-order valence-corrected chi connectivity index (χ1v) is 8.96. The van der Waals surface area contributed by atoms with Crippen molar-refractivity contribution in [2.24, 2.45) is 5.92 Å². The molecule has 0 bridgehead atoms. The number of likely N-dealkylation sites (tertiary alicyclic amines) is 1. The van der Waals surface area contributed by atoms with Gasteiger partial charge >= 0.3 is 0 Å². The van der Waals surface area contributed by atoms with Gasteiger partial charge in [-0.15, -0.1) is 0 Å². The molecular weight excluding hydrogens is 316 g/mol. The quantitative estimate of drug-likeness (QED) is 0.929. The van der Waals surface area contributed by atoms with E-state index in [1.165, 1.54) is 0 Å². The highest BCUT2D eigenvalue weighted by atomic mass is 16.3. The van der Waals surface area contributed by atoms with Crippen molar-refractivity contribution in [3.63, 3.8) is 0 Å². The molecule has 1 saturated heterocycles. The molecule has 0 radical (unpaired) electrons. The lowest BCUT2D eigenvalue weighted by Gasteiger charge is -2.31. The van der Waals surface area contributed by atoms with E-state index in [-0.39, 0.29) is 23.8 Å². The fourth-order valence-corrected chi connectivity index (χ4v) is 3.43. The van der Waals surface area contributed by atoms with Crippen LogP contribution in [0.4, 0.5) is 0 Å². The van der Waals surface area contributed by atoms with Gasteiger partial charge in [0.1, 0.15) is 5.58 Å². The first kappa shape index (κ1) is 17.5. The van der Waals surface area contributed by atoms with Crippen LogP contribution in [0.5, 0.6) is 0 Å². The number of rotatable bonds is 3. The maximum absolute atomic E-state index is 12.9. The van der Waals surface area contributed by atoms with Gasteiger partial charge in [0, 0.05) is 36.0 Å². The Morgan fingerprint density at radius 1 is 1.20 bits per heavy atom. The van der Waals surface area contributed by atoms with E-state index >= 15 is 0 Å². The van der Waals surface area contributed by atoms with Gasteiger partial charge in [0.2, 0.25) is 5.91 Å². The third kappa shape index (κ3) is 3.55. The zero-order valence-electron chi connectivity index (χ0n) is 15.4. The van der Waals surface area contributed by atoms with Crippen molar-refractivity contribution in [1.82, 2.24) is 10.2 Å². The van der Waals surface area contributed by atoms with Gasteiger partial charge < -0.3 is 14.6 Å². The van der Waals surface area contributed by atoms with Gasteiger partial charge in [0.05, 0.1) is 0 Å². The molecule has 0 atom stereocenters. The maximum atomic E-state index is 12.9. The van der Waals surface area contributed by atoms with E-state index in [2.05, 4.69) is 5.32 Å². The van der Waals surface area contributed by atoms with E-state index in [0.717, 1.165) is 22.1 Å². The number of nitrogens with zero attached hydrogens (tertiary/aromatic N) is 1. The van der Waals surface area contributed by atoms with Gasteiger partial charge in [-0.25, -0.2) is 0 Å². The van der Waals surface area contributed by atoms with Crippen LogP contribution < -0.4 is 5.32 Å². The highest BCUT2D eigenvalue weighted by Crippen LogP contribution is 2.28. The summed E-state index contributed by atoms with van der Waals surface area (Å²) in [5.74, 6) is 0.433. The molecule has 1 aliphatic heterocycles. The van der Waals surface area contributed by atoms with Crippen molar-refractivity contribution < 1.29 is 14.0 Å². The van der Waals surface area contributed by atoms with Crippen LogP contribution in [0.25, 0.3) is 11.0 Å². The summed E-state index contributed by atoms with van der Waals surface area (Å²) in [4.78, 5) is 26.8. The van der Waals surface area contributed by atoms with Crippen molar-refractivity contribution in [2.45, 2.75) is 46.6 Å². The second kappa shape index (κ2) is 6.90. The molecule has 134 valence electrons. The first-order valence-electron chi connectivity index (χ1n) is 8.96. The Morgan fingerprint density at radius 2 is 1.88 bits per heavy atom. The highest BCUT2D eigenvalue weighted by Gasteiger charge is 2.30. The summed E-state index contributed by atoms with van der Waals surface area (Å²) in [7, 11) is 0. The molecule has 0 saturated carbocycles. The average molecular weight is 342 g/mol. The second-order valence-corrected chi connectivity index (χ2v) is 7.29. The smallest absolute Gasteiger partial charge is 0.289 e. The van der Waals surface area contributed by atoms with Crippen molar-refractivity contribution in [3.05, 3.63) is 35.1 Å². The molecule has 5 heteroatoms. The molecule has 1 fully saturated rings. The molecule has 2 heterocycles. The lowest BCUT2D eigenvalue weighted by Crippen LogP contribution is -2.44. The molecule has 3 rings (SSSR count). The molecular formula is C20H26N2O3. The third-order valence-electron chi connectivity index (χ3n) is 4.87. The summed E-state index contributed by atoms with van der Waals surface area (Å²) >= 11 is 0. The number of furan rings is 1. The number of hydrogen-bond acceptors (Lipinski definition) is 3. The summed E-state index contributed by atoms with van der Waals surface area (Å²) in [5, 5.41) is 3.95. The summed E-state index contributed by atoms with van der Waals surface area (Å²) < 4.78 is 5.85. The zero-order chi connectivity index (χ0) is 18.1. The fourth-order valence-electron chi connectivity index (χ4n) is 3.43. The Morgan fingerprint density at radius 3 is 2.52 bits per heavy atom. The van der Waals surface area contributed by atoms with Crippen LogP contribution in [-0.4, -0.2) is 35.8 Å². The molecule has 5 nitrogen and oxygen atoms in total. The van der Waals surface area contributed by atoms with Gasteiger partial charge in [-0.05, 0) is 52.2 Å². The van der Waals surface area contributed by atoms with Crippen LogP contribution >= 0.6 is 0 Å². The monoisotopic (exact) mass is 342 g/mol. The molecule has 1 aromatic carbocycles. The SMILES string of the molecule is Cc1ccc2c(C)c(C(=O)N3CCC(C(=O)NC(C)C)CC3)oc2c1. The topological polar surface area (TPSA) is 62.6 Å². The normalized spacial score (nSPS) is 15.8. The van der Waals surface area contributed by atoms with Crippen LogP contribution in [-0.2, 0) is 4.79 Å². The second-order valence-electron chi connectivity index (χ2n) is 7.29. The van der Waals surface area contributed by atoms with Gasteiger partial charge in [0.15, 0.2) is 5.76 Å². The summed E-state index contributed by atoms with van der Waals surface area (Å²) in [6.45, 7) is 9.03. The molecule has 2 amide bonds. The van der Waals surface area contributed by atoms with Crippen molar-refractivity contribution in [2.75, 3.05) is 13.1 Å². The van der Waals surface area contributed by atoms with Gasteiger partial charge in [0.25, 0.3) is 5.91 Å². The van der Waals surface area contributed by atoms with Gasteiger partial charge in [-0.2, -0.15) is 0 Å². The Labute approximate surface area is 148 Å². The number of fused-ring (bicyclic) bond motifs is 1. The number of hydrogen-bond donors (Lipinski definition) is 1. The molecule has 0 unspecified atom stereocenters. The van der Waals surface area contributed by atoms with Crippen LogP contribution in [0.2, 0.25) is 0 Å². The van der Waals surface area contributed by atoms with Crippen molar-refractivity contribution in [3.8, 4) is 0 Å². The lowest BCUT2D eigenvalue weighted by molar-refractivity contribution is -0.126. The van der Waals surface area contributed by atoms with Crippen LogP contribution in [0.1, 0.15) is 48.4 Å². The summed E-state index contributed by atoms with van der Waals surface area (Å²) in [5.41, 5.74) is 2.75. The summed E-state index contributed by atoms with van der Waals surface area (Å²) in [6, 6.07) is 6.14. The molecule has 1 N–H and O–H groups in total. The third-order valence-corrected chi connectivity index (χ3v) is 4.87. The zero-order valence-corrected chi connectivity index (χ0v) is 15.4. The van der Waals surface area contributed by atoms with E-state index in [9.17, 15) is 9.59 Å². The predicted octanol–water partition coefficient (Wildman–Crippen LogP) is 3.43. The minimum atomic E-state index is -0.0749. The van der Waals surface area contributed by atoms with Crippen molar-refractivity contribution >= 4 is 22.8 Å². The molecule has 1 aliphatic rings. The highest BCUT2D eigenvalue weighted by molar-refractivity contribution is 5.99. The van der Waals surface area contributed by atoms with E-state index < -0.39 is 0 Å². The van der Waals surface area contributed by atoms with E-state index in [4.69, 9.17) is 4.42 Å². The van der Waals surface area contributed by atoms with Crippen LogP contribution in [0, 0.1) is 19.8 Å². The number of piperidine rings is 1. The number of carbonyl (C=O) groups excluding carboxylic acids is 2. The maximum Gasteiger partial charge on any atom is 0.289 e. The predicted molar refractivity (Wildman–Crippen MR) is 97.6 cm³/mol. The van der Waals surface area contributed by atoms with E-state index in [1.807, 2.05) is 45.9 Å². The molecule has 0 spiro atoms. The Kier molecular flexibility index (Phi) is 4.84. The minimum Gasteiger partial charge on any atom is -0.451 e. The number of nitrogens with one attached hydrogen (secondary N) is 1. The van der Waals surface area contributed by atoms with E-state index in [0.29, 0.717) is 31.7 Å². The number of amides is 2. The molecule has 2 aromatic rings. The van der Waals surface area contributed by atoms with E-state index in [1.54, 1.807) is 4.90 Å². The number of benzene rings is 1. The Bertz CT molecular complexity index is 799.